The maximum atomic E-state index is 12.3. The van der Waals surface area contributed by atoms with Gasteiger partial charge in [0.1, 0.15) is 23.9 Å². The maximum absolute atomic E-state index is 12.3. The zero-order valence-corrected chi connectivity index (χ0v) is 18.4. The second-order valence-corrected chi connectivity index (χ2v) is 7.78. The molecule has 0 aromatic rings. The van der Waals surface area contributed by atoms with Crippen LogP contribution in [0, 0.1) is 0 Å². The summed E-state index contributed by atoms with van der Waals surface area (Å²) in [7, 11) is 0. The van der Waals surface area contributed by atoms with Crippen LogP contribution in [0.2, 0.25) is 0 Å². The molecule has 0 rings (SSSR count). The molecule has 0 spiro atoms. The van der Waals surface area contributed by atoms with Gasteiger partial charge in [-0.15, -0.1) is 12.4 Å². The predicted molar refractivity (Wildman–Crippen MR) is 108 cm³/mol. The minimum absolute atomic E-state index is 0. The van der Waals surface area contributed by atoms with E-state index in [1.54, 1.807) is 47.8 Å². The Labute approximate surface area is 169 Å². The Bertz CT molecular complexity index is 459. The van der Waals surface area contributed by atoms with E-state index in [4.69, 9.17) is 14.3 Å². The van der Waals surface area contributed by atoms with Crippen molar-refractivity contribution in [2.45, 2.75) is 78.6 Å². The molecule has 0 bridgehead atoms. The van der Waals surface area contributed by atoms with Gasteiger partial charge in [0.2, 0.25) is 0 Å². The molecule has 0 unspecified atom stereocenters. The summed E-state index contributed by atoms with van der Waals surface area (Å²) in [6.07, 6.45) is 2.10. The van der Waals surface area contributed by atoms with Crippen LogP contribution >= 0.6 is 12.4 Å². The van der Waals surface area contributed by atoms with Crippen molar-refractivity contribution >= 4 is 30.7 Å². The van der Waals surface area contributed by atoms with Crippen LogP contribution in [-0.2, 0) is 19.1 Å². The number of alkyl carbamates (subject to hydrolysis) is 1. The molecule has 0 saturated carbocycles. The van der Waals surface area contributed by atoms with Gasteiger partial charge in [0.05, 0.1) is 6.21 Å². The number of oxime groups is 1. The fourth-order valence-electron chi connectivity index (χ4n) is 1.83. The van der Waals surface area contributed by atoms with Crippen LogP contribution in [0.25, 0.3) is 0 Å². The summed E-state index contributed by atoms with van der Waals surface area (Å²) in [6.45, 7) is 14.3. The first-order valence-electron chi connectivity index (χ1n) is 9.01. The number of carbonyl (C=O) groups is 2. The topological polar surface area (TPSA) is 98.3 Å². The zero-order chi connectivity index (χ0) is 20.2. The summed E-state index contributed by atoms with van der Waals surface area (Å²) in [5.74, 6) is -0.471. The summed E-state index contributed by atoms with van der Waals surface area (Å²) < 4.78 is 10.6. The maximum Gasteiger partial charge on any atom is 0.408 e. The van der Waals surface area contributed by atoms with Crippen molar-refractivity contribution in [1.29, 1.82) is 0 Å². The molecule has 0 aliphatic heterocycles. The lowest BCUT2D eigenvalue weighted by Crippen LogP contribution is -2.46. The number of carbonyl (C=O) groups excluding carboxylic acids is 2. The molecule has 0 aromatic carbocycles. The van der Waals surface area contributed by atoms with E-state index in [0.717, 1.165) is 0 Å². The number of nitrogens with zero attached hydrogens (tertiary/aromatic N) is 1. The van der Waals surface area contributed by atoms with Crippen LogP contribution in [0.4, 0.5) is 4.79 Å². The van der Waals surface area contributed by atoms with Crippen LogP contribution in [0.1, 0.15) is 61.3 Å². The molecule has 1 amide bonds. The number of amides is 1. The zero-order valence-electron chi connectivity index (χ0n) is 17.6. The largest absolute Gasteiger partial charge is 0.458 e. The van der Waals surface area contributed by atoms with Crippen molar-refractivity contribution in [3.8, 4) is 0 Å². The molecule has 0 radical (unpaired) electrons. The molecule has 8 nitrogen and oxygen atoms in total. The normalized spacial score (nSPS) is 12.9. The van der Waals surface area contributed by atoms with Crippen LogP contribution < -0.4 is 10.6 Å². The number of hydrogen-bond acceptors (Lipinski definition) is 7. The minimum atomic E-state index is -0.761. The molecule has 9 heteroatoms. The molecule has 0 fully saturated rings. The molecule has 0 aromatic heterocycles. The van der Waals surface area contributed by atoms with Crippen LogP contribution in [0.3, 0.4) is 0 Å². The molecular weight excluding hydrogens is 374 g/mol. The van der Waals surface area contributed by atoms with E-state index in [1.165, 1.54) is 0 Å². The molecule has 1 atom stereocenters. The molecule has 2 N–H and O–H groups in total. The van der Waals surface area contributed by atoms with E-state index in [0.29, 0.717) is 32.5 Å². The average Bonchev–Trinajstić information content (AvgIpc) is 2.45. The van der Waals surface area contributed by atoms with Crippen molar-refractivity contribution in [2.75, 3.05) is 19.7 Å². The Balaban J connectivity index is 0. The van der Waals surface area contributed by atoms with Gasteiger partial charge in [-0.05, 0) is 67.9 Å². The quantitative estimate of drug-likeness (QED) is 0.249. The first kappa shape index (κ1) is 27.7. The van der Waals surface area contributed by atoms with Gasteiger partial charge in [-0.25, -0.2) is 9.59 Å². The SMILES string of the molecule is CCON=CCNCCC[C@H](NC(=O)OC(C)(C)C)C(=O)OC(C)(C)C.Cl. The van der Waals surface area contributed by atoms with Gasteiger partial charge in [0.15, 0.2) is 0 Å². The Kier molecular flexibility index (Phi) is 13.9. The van der Waals surface area contributed by atoms with Gasteiger partial charge in [-0.1, -0.05) is 5.16 Å². The highest BCUT2D eigenvalue weighted by Crippen LogP contribution is 2.12. The Morgan fingerprint density at radius 3 is 2.19 bits per heavy atom. The number of rotatable bonds is 10. The fourth-order valence-corrected chi connectivity index (χ4v) is 1.83. The van der Waals surface area contributed by atoms with Crippen LogP contribution in [0.15, 0.2) is 5.16 Å². The van der Waals surface area contributed by atoms with E-state index in [2.05, 4.69) is 15.8 Å². The predicted octanol–water partition coefficient (Wildman–Crippen LogP) is 3.04. The number of ether oxygens (including phenoxy) is 2. The van der Waals surface area contributed by atoms with E-state index in [1.807, 2.05) is 6.92 Å². The highest BCUT2D eigenvalue weighted by molar-refractivity contribution is 5.85. The minimum Gasteiger partial charge on any atom is -0.458 e. The summed E-state index contributed by atoms with van der Waals surface area (Å²) in [6, 6.07) is -0.761. The molecule has 27 heavy (non-hydrogen) atoms. The first-order chi connectivity index (χ1) is 11.9. The Morgan fingerprint density at radius 2 is 1.67 bits per heavy atom. The van der Waals surface area contributed by atoms with Crippen LogP contribution in [-0.4, -0.2) is 55.2 Å². The van der Waals surface area contributed by atoms with E-state index >= 15 is 0 Å². The standard InChI is InChI=1S/C18H35N3O5.ClH/c1-8-24-20-13-12-19-11-9-10-14(15(22)25-17(2,3)4)21-16(23)26-18(5,6)7;/h13-14,19H,8-12H2,1-7H3,(H,21,23);1H/t14-;/m0./s1. The second-order valence-electron chi connectivity index (χ2n) is 7.78. The van der Waals surface area contributed by atoms with Gasteiger partial charge < -0.3 is 24.9 Å². The highest BCUT2D eigenvalue weighted by Gasteiger charge is 2.28. The molecule has 0 saturated heterocycles. The van der Waals surface area contributed by atoms with E-state index < -0.39 is 29.3 Å². The van der Waals surface area contributed by atoms with Crippen molar-refractivity contribution < 1.29 is 23.9 Å². The lowest BCUT2D eigenvalue weighted by molar-refractivity contribution is -0.157. The molecule has 0 heterocycles. The number of hydrogen-bond donors (Lipinski definition) is 2. The van der Waals surface area contributed by atoms with E-state index in [9.17, 15) is 9.59 Å². The van der Waals surface area contributed by atoms with Gasteiger partial charge in [-0.3, -0.25) is 0 Å². The van der Waals surface area contributed by atoms with Crippen molar-refractivity contribution in [2.24, 2.45) is 5.16 Å². The third kappa shape index (κ3) is 17.6. The Morgan fingerprint density at radius 1 is 1.07 bits per heavy atom. The van der Waals surface area contributed by atoms with Crippen molar-refractivity contribution in [3.63, 3.8) is 0 Å². The first-order valence-corrected chi connectivity index (χ1v) is 9.01. The molecular formula is C18H36ClN3O5. The van der Waals surface area contributed by atoms with Gasteiger partial charge in [-0.2, -0.15) is 0 Å². The summed E-state index contributed by atoms with van der Waals surface area (Å²) in [4.78, 5) is 29.2. The lowest BCUT2D eigenvalue weighted by atomic mass is 10.1. The average molecular weight is 410 g/mol. The van der Waals surface area contributed by atoms with Crippen molar-refractivity contribution in [3.05, 3.63) is 0 Å². The highest BCUT2D eigenvalue weighted by atomic mass is 35.5. The summed E-state index contributed by atoms with van der Waals surface area (Å²) in [5.41, 5.74) is -1.26. The number of halogens is 1. The Hall–Kier alpha value is -1.54. The molecule has 160 valence electrons. The molecule has 0 aliphatic carbocycles. The second kappa shape index (κ2) is 13.6. The monoisotopic (exact) mass is 409 g/mol. The lowest BCUT2D eigenvalue weighted by Gasteiger charge is -2.26. The summed E-state index contributed by atoms with van der Waals surface area (Å²) >= 11 is 0. The van der Waals surface area contributed by atoms with Crippen molar-refractivity contribution in [1.82, 2.24) is 10.6 Å². The van der Waals surface area contributed by atoms with Crippen LogP contribution in [0.5, 0.6) is 0 Å². The third-order valence-corrected chi connectivity index (χ3v) is 2.74. The summed E-state index contributed by atoms with van der Waals surface area (Å²) in [5, 5.41) is 9.49. The fraction of sp³-hybridized carbons (Fsp3) is 0.833. The van der Waals surface area contributed by atoms with Gasteiger partial charge in [0, 0.05) is 6.54 Å². The number of nitrogens with one attached hydrogen (secondary N) is 2. The molecule has 0 aliphatic rings. The van der Waals surface area contributed by atoms with E-state index in [-0.39, 0.29) is 12.4 Å². The smallest absolute Gasteiger partial charge is 0.408 e. The van der Waals surface area contributed by atoms with Gasteiger partial charge >= 0.3 is 12.1 Å². The third-order valence-electron chi connectivity index (χ3n) is 2.74. The van der Waals surface area contributed by atoms with Gasteiger partial charge in [0.25, 0.3) is 0 Å². The number of esters is 1.